The van der Waals surface area contributed by atoms with E-state index in [0.717, 1.165) is 3.92 Å². The fourth-order valence-electron chi connectivity index (χ4n) is 1.28. The van der Waals surface area contributed by atoms with Crippen LogP contribution in [0.3, 0.4) is 0 Å². The van der Waals surface area contributed by atoms with Crippen molar-refractivity contribution in [2.75, 3.05) is 0 Å². The third-order valence-electron chi connectivity index (χ3n) is 1.93. The summed E-state index contributed by atoms with van der Waals surface area (Å²) in [5, 5.41) is 0. The van der Waals surface area contributed by atoms with Crippen LogP contribution in [0.25, 0.3) is 0 Å². The summed E-state index contributed by atoms with van der Waals surface area (Å²) in [6, 6.07) is 10.9. The molecule has 0 aromatic heterocycles. The third-order valence-corrected chi connectivity index (χ3v) is 5.09. The van der Waals surface area contributed by atoms with Crippen molar-refractivity contribution in [2.45, 2.75) is 10.3 Å². The summed E-state index contributed by atoms with van der Waals surface area (Å²) in [5.74, 6) is 0. The van der Waals surface area contributed by atoms with Gasteiger partial charge < -0.3 is 0 Å². The maximum atomic E-state index is 2.35. The number of alkyl halides is 1. The Bertz CT molecular complexity index is 311. The van der Waals surface area contributed by atoms with Crippen molar-refractivity contribution in [3.63, 3.8) is 0 Å². The molecule has 0 aliphatic heterocycles. The molecule has 1 atom stereocenters. The molecule has 13 heavy (non-hydrogen) atoms. The van der Waals surface area contributed by atoms with Crippen LogP contribution in [0.1, 0.15) is 6.42 Å². The Morgan fingerprint density at radius 3 is 2.62 bits per heavy atom. The zero-order chi connectivity index (χ0) is 8.93. The second-order valence-electron chi connectivity index (χ2n) is 2.97. The summed E-state index contributed by atoms with van der Waals surface area (Å²) < 4.78 is 2.36. The quantitative estimate of drug-likeness (QED) is 0.522. The molecule has 0 heterocycles. The van der Waals surface area contributed by atoms with Crippen LogP contribution in [0.2, 0.25) is 0 Å². The van der Waals surface area contributed by atoms with Crippen molar-refractivity contribution in [3.05, 3.63) is 58.2 Å². The van der Waals surface area contributed by atoms with Crippen molar-refractivity contribution in [3.8, 4) is 0 Å². The van der Waals surface area contributed by atoms with Crippen LogP contribution in [-0.2, 0) is 0 Å². The summed E-state index contributed by atoms with van der Waals surface area (Å²) in [4.78, 5) is 0. The first kappa shape index (κ1) is 9.00. The Morgan fingerprint density at radius 1 is 1.08 bits per heavy atom. The summed E-state index contributed by atoms with van der Waals surface area (Å²) in [7, 11) is 0. The Labute approximate surface area is 89.6 Å². The number of hydrogen-bond acceptors (Lipinski definition) is 0. The molecule has 2 rings (SSSR count). The van der Waals surface area contributed by atoms with Gasteiger partial charge in [-0.05, 0) is 0 Å². The van der Waals surface area contributed by atoms with Crippen LogP contribution in [0.15, 0.2) is 54.6 Å². The molecule has 0 fully saturated rings. The number of halogens is 1. The molecule has 0 amide bonds. The first-order chi connectivity index (χ1) is 6.45. The van der Waals surface area contributed by atoms with E-state index in [2.05, 4.69) is 54.6 Å². The first-order valence-electron chi connectivity index (χ1n) is 4.47. The van der Waals surface area contributed by atoms with Gasteiger partial charge in [0.25, 0.3) is 0 Å². The van der Waals surface area contributed by atoms with Crippen molar-refractivity contribution < 1.29 is 21.2 Å². The fraction of sp³-hybridized carbons (Fsp3) is 0.167. The van der Waals surface area contributed by atoms with Gasteiger partial charge in [0.05, 0.1) is 0 Å². The second kappa shape index (κ2) is 4.61. The van der Waals surface area contributed by atoms with Gasteiger partial charge >= 0.3 is 89.8 Å². The van der Waals surface area contributed by atoms with Crippen molar-refractivity contribution >= 4 is 0 Å². The van der Waals surface area contributed by atoms with E-state index in [1.54, 1.807) is 3.57 Å². The molecule has 0 saturated heterocycles. The summed E-state index contributed by atoms with van der Waals surface area (Å²) in [5.41, 5.74) is 0. The van der Waals surface area contributed by atoms with E-state index >= 15 is 0 Å². The molecule has 0 radical (unpaired) electrons. The van der Waals surface area contributed by atoms with E-state index < -0.39 is 0 Å². The summed E-state index contributed by atoms with van der Waals surface area (Å²) in [6.45, 7) is 0. The van der Waals surface area contributed by atoms with Crippen LogP contribution in [-0.4, -0.2) is 3.92 Å². The van der Waals surface area contributed by atoms with Crippen LogP contribution in [0.4, 0.5) is 0 Å². The van der Waals surface area contributed by atoms with Gasteiger partial charge in [0.15, 0.2) is 0 Å². The van der Waals surface area contributed by atoms with Gasteiger partial charge in [-0.3, -0.25) is 0 Å². The van der Waals surface area contributed by atoms with E-state index in [4.69, 9.17) is 0 Å². The van der Waals surface area contributed by atoms with Gasteiger partial charge in [-0.25, -0.2) is 0 Å². The standard InChI is InChI=1S/C12H12I/c1-3-7-11(8-4-1)13-12-9-5-2-6-10-12/h1-9,12H,10H2/q-1. The zero-order valence-electron chi connectivity index (χ0n) is 7.36. The average Bonchev–Trinajstić information content (AvgIpc) is 2.21. The molecule has 0 N–H and O–H groups in total. The van der Waals surface area contributed by atoms with Crippen LogP contribution in [0, 0.1) is 3.57 Å². The fourth-order valence-corrected chi connectivity index (χ4v) is 4.03. The van der Waals surface area contributed by atoms with E-state index in [1.807, 2.05) is 0 Å². The molecule has 68 valence electrons. The monoisotopic (exact) mass is 283 g/mol. The number of rotatable bonds is 2. The normalized spacial score (nSPS) is 20.8. The van der Waals surface area contributed by atoms with E-state index in [9.17, 15) is 0 Å². The molecule has 0 bridgehead atoms. The van der Waals surface area contributed by atoms with E-state index in [1.165, 1.54) is 6.42 Å². The molecule has 0 saturated carbocycles. The minimum absolute atomic E-state index is 0.168. The van der Waals surface area contributed by atoms with Gasteiger partial charge in [-0.2, -0.15) is 0 Å². The Kier molecular flexibility index (Phi) is 3.19. The van der Waals surface area contributed by atoms with E-state index in [-0.39, 0.29) is 21.2 Å². The molecular weight excluding hydrogens is 271 g/mol. The molecule has 1 unspecified atom stereocenters. The topological polar surface area (TPSA) is 0 Å². The number of hydrogen-bond donors (Lipinski definition) is 0. The number of allylic oxidation sites excluding steroid dienone is 4. The summed E-state index contributed by atoms with van der Waals surface area (Å²) in [6.07, 6.45) is 10.2. The maximum absolute atomic E-state index is 2.35. The molecule has 0 spiro atoms. The van der Waals surface area contributed by atoms with Gasteiger partial charge in [-0.15, -0.1) is 0 Å². The Hall–Kier alpha value is -0.570. The molecular formula is C12H12I-. The van der Waals surface area contributed by atoms with Crippen molar-refractivity contribution in [2.24, 2.45) is 0 Å². The van der Waals surface area contributed by atoms with Crippen molar-refractivity contribution in [1.29, 1.82) is 0 Å². The number of benzene rings is 1. The zero-order valence-corrected chi connectivity index (χ0v) is 9.52. The Morgan fingerprint density at radius 2 is 1.92 bits per heavy atom. The Balaban J connectivity index is 1.99. The average molecular weight is 283 g/mol. The first-order valence-corrected chi connectivity index (χ1v) is 6.79. The van der Waals surface area contributed by atoms with Crippen LogP contribution < -0.4 is 21.2 Å². The van der Waals surface area contributed by atoms with E-state index in [0.29, 0.717) is 0 Å². The molecule has 0 nitrogen and oxygen atoms in total. The SMILES string of the molecule is C1=CCC([I-]c2ccccc2)C=C1. The van der Waals surface area contributed by atoms with Gasteiger partial charge in [0.1, 0.15) is 0 Å². The van der Waals surface area contributed by atoms with Crippen LogP contribution in [0.5, 0.6) is 0 Å². The molecule has 1 aromatic rings. The van der Waals surface area contributed by atoms with Gasteiger partial charge in [0.2, 0.25) is 0 Å². The minimum atomic E-state index is 0.168. The van der Waals surface area contributed by atoms with Gasteiger partial charge in [0, 0.05) is 0 Å². The van der Waals surface area contributed by atoms with Gasteiger partial charge in [-0.1, -0.05) is 0 Å². The second-order valence-corrected chi connectivity index (χ2v) is 6.44. The summed E-state index contributed by atoms with van der Waals surface area (Å²) >= 11 is 0.168. The third kappa shape index (κ3) is 2.69. The van der Waals surface area contributed by atoms with Crippen LogP contribution >= 0.6 is 0 Å². The molecule has 1 aliphatic carbocycles. The van der Waals surface area contributed by atoms with Crippen molar-refractivity contribution in [1.82, 2.24) is 0 Å². The predicted octanol–water partition coefficient (Wildman–Crippen LogP) is -0.170. The molecule has 1 aromatic carbocycles. The molecule has 1 aliphatic rings. The molecule has 1 heteroatoms. The predicted molar refractivity (Wildman–Crippen MR) is 51.8 cm³/mol.